The normalized spacial score (nSPS) is 17.0. The first-order chi connectivity index (χ1) is 17.0. The van der Waals surface area contributed by atoms with Gasteiger partial charge in [0.25, 0.3) is 11.7 Å². The number of carbonyl (C=O) groups is 2. The van der Waals surface area contributed by atoms with E-state index in [2.05, 4.69) is 6.92 Å². The third-order valence-corrected chi connectivity index (χ3v) is 6.00. The van der Waals surface area contributed by atoms with Gasteiger partial charge in [-0.1, -0.05) is 49.4 Å². The Bertz CT molecular complexity index is 1250. The van der Waals surface area contributed by atoms with E-state index in [0.29, 0.717) is 36.0 Å². The van der Waals surface area contributed by atoms with Gasteiger partial charge in [0.2, 0.25) is 0 Å². The molecule has 0 radical (unpaired) electrons. The van der Waals surface area contributed by atoms with Gasteiger partial charge in [0, 0.05) is 11.8 Å². The SMILES string of the molecule is CCOc1ccc(/C(O)=C2/C(=O)C(=O)N(c3ccc(CC)cc3)C2c2ccccc2)c(OCC)c1. The van der Waals surface area contributed by atoms with Gasteiger partial charge in [0.05, 0.1) is 30.4 Å². The summed E-state index contributed by atoms with van der Waals surface area (Å²) in [5, 5.41) is 11.5. The standard InChI is InChI=1S/C29H29NO5/c1-4-19-12-14-21(15-13-19)30-26(20-10-8-7-9-11-20)25(28(32)29(30)33)27(31)23-17-16-22(34-5-2)18-24(23)35-6-3/h7-18,26,31H,4-6H2,1-3H3/b27-25-. The van der Waals surface area contributed by atoms with Crippen LogP contribution in [-0.2, 0) is 16.0 Å². The molecule has 0 bridgehead atoms. The lowest BCUT2D eigenvalue weighted by molar-refractivity contribution is -0.132. The molecule has 1 aliphatic rings. The zero-order valence-corrected chi connectivity index (χ0v) is 20.2. The first kappa shape index (κ1) is 24.1. The molecular formula is C29H29NO5. The van der Waals surface area contributed by atoms with E-state index < -0.39 is 17.7 Å². The highest BCUT2D eigenvalue weighted by Gasteiger charge is 2.47. The number of nitrogens with zero attached hydrogens (tertiary/aromatic N) is 1. The third-order valence-electron chi connectivity index (χ3n) is 6.00. The minimum absolute atomic E-state index is 0.0193. The monoisotopic (exact) mass is 471 g/mol. The summed E-state index contributed by atoms with van der Waals surface area (Å²) in [5.74, 6) is -0.748. The molecule has 3 aromatic rings. The van der Waals surface area contributed by atoms with Gasteiger partial charge in [-0.15, -0.1) is 0 Å². The molecule has 1 fully saturated rings. The van der Waals surface area contributed by atoms with Crippen molar-refractivity contribution in [2.45, 2.75) is 33.2 Å². The minimum atomic E-state index is -0.787. The molecule has 1 N–H and O–H groups in total. The second-order valence-electron chi connectivity index (χ2n) is 8.12. The van der Waals surface area contributed by atoms with Gasteiger partial charge in [0.15, 0.2) is 0 Å². The largest absolute Gasteiger partial charge is 0.507 e. The van der Waals surface area contributed by atoms with Crippen molar-refractivity contribution in [3.8, 4) is 11.5 Å². The van der Waals surface area contributed by atoms with Gasteiger partial charge in [-0.3, -0.25) is 14.5 Å². The van der Waals surface area contributed by atoms with Crippen molar-refractivity contribution in [2.75, 3.05) is 18.1 Å². The fourth-order valence-corrected chi connectivity index (χ4v) is 4.32. The van der Waals surface area contributed by atoms with E-state index in [-0.39, 0.29) is 11.3 Å². The summed E-state index contributed by atoms with van der Waals surface area (Å²) < 4.78 is 11.3. The van der Waals surface area contributed by atoms with E-state index in [4.69, 9.17) is 9.47 Å². The van der Waals surface area contributed by atoms with Crippen molar-refractivity contribution in [1.29, 1.82) is 0 Å². The van der Waals surface area contributed by atoms with Crippen molar-refractivity contribution >= 4 is 23.1 Å². The van der Waals surface area contributed by atoms with Crippen LogP contribution in [0.5, 0.6) is 11.5 Å². The summed E-state index contributed by atoms with van der Waals surface area (Å²) in [6.45, 7) is 6.60. The zero-order chi connectivity index (χ0) is 24.9. The number of aryl methyl sites for hydroxylation is 1. The Hall–Kier alpha value is -4.06. The predicted molar refractivity (Wildman–Crippen MR) is 136 cm³/mol. The number of hydrogen-bond acceptors (Lipinski definition) is 5. The number of hydrogen-bond donors (Lipinski definition) is 1. The molecule has 1 aliphatic heterocycles. The lowest BCUT2D eigenvalue weighted by Gasteiger charge is -2.25. The van der Waals surface area contributed by atoms with Crippen molar-refractivity contribution in [1.82, 2.24) is 0 Å². The smallest absolute Gasteiger partial charge is 0.300 e. The molecule has 1 unspecified atom stereocenters. The second-order valence-corrected chi connectivity index (χ2v) is 8.12. The number of Topliss-reactive ketones (excluding diaryl/α,β-unsaturated/α-hetero) is 1. The maximum absolute atomic E-state index is 13.4. The van der Waals surface area contributed by atoms with Gasteiger partial charge in [-0.05, 0) is 55.7 Å². The number of anilines is 1. The summed E-state index contributed by atoms with van der Waals surface area (Å²) in [5.41, 5.74) is 2.78. The molecule has 3 aromatic carbocycles. The van der Waals surface area contributed by atoms with Crippen LogP contribution in [0.3, 0.4) is 0 Å². The highest BCUT2D eigenvalue weighted by molar-refractivity contribution is 6.51. The fourth-order valence-electron chi connectivity index (χ4n) is 4.32. The van der Waals surface area contributed by atoms with E-state index in [9.17, 15) is 14.7 Å². The number of rotatable bonds is 8. The molecule has 0 saturated carbocycles. The number of carbonyl (C=O) groups excluding carboxylic acids is 2. The number of amides is 1. The summed E-state index contributed by atoms with van der Waals surface area (Å²) in [6, 6.07) is 21.1. The van der Waals surface area contributed by atoms with Crippen LogP contribution in [0.15, 0.2) is 78.4 Å². The van der Waals surface area contributed by atoms with Crippen LogP contribution in [0.1, 0.15) is 43.5 Å². The summed E-state index contributed by atoms with van der Waals surface area (Å²) in [6.07, 6.45) is 0.860. The predicted octanol–water partition coefficient (Wildman–Crippen LogP) is 5.67. The molecule has 1 heterocycles. The Kier molecular flexibility index (Phi) is 7.20. The second kappa shape index (κ2) is 10.5. The molecule has 6 heteroatoms. The van der Waals surface area contributed by atoms with Crippen LogP contribution < -0.4 is 14.4 Å². The van der Waals surface area contributed by atoms with Crippen molar-refractivity contribution in [3.63, 3.8) is 0 Å². The summed E-state index contributed by atoms with van der Waals surface area (Å²) in [7, 11) is 0. The van der Waals surface area contributed by atoms with Crippen LogP contribution in [0.2, 0.25) is 0 Å². The van der Waals surface area contributed by atoms with Gasteiger partial charge in [-0.2, -0.15) is 0 Å². The Balaban J connectivity index is 1.91. The lowest BCUT2D eigenvalue weighted by atomic mass is 9.94. The number of ketones is 1. The average Bonchev–Trinajstić information content (AvgIpc) is 3.15. The van der Waals surface area contributed by atoms with Gasteiger partial charge in [-0.25, -0.2) is 0 Å². The summed E-state index contributed by atoms with van der Waals surface area (Å²) >= 11 is 0. The van der Waals surface area contributed by atoms with Gasteiger partial charge in [0.1, 0.15) is 17.3 Å². The van der Waals surface area contributed by atoms with Crippen LogP contribution in [-0.4, -0.2) is 30.0 Å². The van der Waals surface area contributed by atoms with Crippen molar-refractivity contribution in [3.05, 3.63) is 95.1 Å². The van der Waals surface area contributed by atoms with Crippen molar-refractivity contribution < 1.29 is 24.2 Å². The average molecular weight is 472 g/mol. The van der Waals surface area contributed by atoms with Gasteiger partial charge < -0.3 is 14.6 Å². The molecule has 4 rings (SSSR count). The molecule has 0 spiro atoms. The quantitative estimate of drug-likeness (QED) is 0.260. The Morgan fingerprint density at radius 1 is 0.886 bits per heavy atom. The Labute approximate surface area is 205 Å². The number of aliphatic hydroxyl groups excluding tert-OH is 1. The zero-order valence-electron chi connectivity index (χ0n) is 20.2. The molecule has 35 heavy (non-hydrogen) atoms. The number of aliphatic hydroxyl groups is 1. The highest BCUT2D eigenvalue weighted by atomic mass is 16.5. The maximum Gasteiger partial charge on any atom is 0.300 e. The molecule has 0 aromatic heterocycles. The van der Waals surface area contributed by atoms with E-state index in [0.717, 1.165) is 17.5 Å². The maximum atomic E-state index is 13.4. The number of benzene rings is 3. The van der Waals surface area contributed by atoms with Crippen LogP contribution in [0.25, 0.3) is 5.76 Å². The molecule has 1 amide bonds. The molecular weight excluding hydrogens is 442 g/mol. The van der Waals surface area contributed by atoms with Crippen LogP contribution in [0.4, 0.5) is 5.69 Å². The Morgan fingerprint density at radius 2 is 1.57 bits per heavy atom. The lowest BCUT2D eigenvalue weighted by Crippen LogP contribution is -2.29. The van der Waals surface area contributed by atoms with Crippen molar-refractivity contribution in [2.24, 2.45) is 0 Å². The third kappa shape index (κ3) is 4.64. The molecule has 1 atom stereocenters. The van der Waals surface area contributed by atoms with Crippen LogP contribution in [0, 0.1) is 0 Å². The molecule has 1 saturated heterocycles. The van der Waals surface area contributed by atoms with E-state index >= 15 is 0 Å². The summed E-state index contributed by atoms with van der Waals surface area (Å²) in [4.78, 5) is 28.2. The number of ether oxygens (including phenoxy) is 2. The minimum Gasteiger partial charge on any atom is -0.507 e. The first-order valence-electron chi connectivity index (χ1n) is 11.8. The first-order valence-corrected chi connectivity index (χ1v) is 11.8. The van der Waals surface area contributed by atoms with Gasteiger partial charge >= 0.3 is 0 Å². The van der Waals surface area contributed by atoms with E-state index in [1.807, 2.05) is 68.4 Å². The topological polar surface area (TPSA) is 76.1 Å². The van der Waals surface area contributed by atoms with Crippen LogP contribution >= 0.6 is 0 Å². The Morgan fingerprint density at radius 3 is 2.20 bits per heavy atom. The fraction of sp³-hybridized carbons (Fsp3) is 0.241. The molecule has 180 valence electrons. The molecule has 0 aliphatic carbocycles. The van der Waals surface area contributed by atoms with E-state index in [1.165, 1.54) is 4.90 Å². The highest BCUT2D eigenvalue weighted by Crippen LogP contribution is 2.43. The molecule has 6 nitrogen and oxygen atoms in total. The van der Waals surface area contributed by atoms with E-state index in [1.54, 1.807) is 18.2 Å².